The lowest BCUT2D eigenvalue weighted by molar-refractivity contribution is 0.308. The lowest BCUT2D eigenvalue weighted by Gasteiger charge is -2.20. The number of rotatable bonds is 7. The number of hydrogen-bond donors (Lipinski definition) is 1. The van der Waals surface area contributed by atoms with Gasteiger partial charge >= 0.3 is 0 Å². The molecule has 1 atom stereocenters. The van der Waals surface area contributed by atoms with Gasteiger partial charge in [-0.3, -0.25) is 0 Å². The summed E-state index contributed by atoms with van der Waals surface area (Å²) in [4.78, 5) is 3.80. The molecule has 0 aliphatic heterocycles. The highest BCUT2D eigenvalue weighted by atomic mass is 32.1. The highest BCUT2D eigenvalue weighted by Gasteiger charge is 2.05. The summed E-state index contributed by atoms with van der Waals surface area (Å²) in [5, 5.41) is 2.14. The molecule has 15 heavy (non-hydrogen) atoms. The van der Waals surface area contributed by atoms with Gasteiger partial charge in [0.1, 0.15) is 0 Å². The third kappa shape index (κ3) is 5.30. The number of hydrogen-bond acceptors (Lipinski definition) is 3. The van der Waals surface area contributed by atoms with Gasteiger partial charge in [0.2, 0.25) is 0 Å². The highest BCUT2D eigenvalue weighted by Crippen LogP contribution is 2.09. The molecule has 1 aromatic heterocycles. The van der Waals surface area contributed by atoms with E-state index in [1.807, 2.05) is 11.3 Å². The molecule has 0 aliphatic rings. The number of nitrogens with two attached hydrogens (primary N) is 1. The minimum atomic E-state index is 0.336. The maximum Gasteiger partial charge on any atom is 0.0167 e. The summed E-state index contributed by atoms with van der Waals surface area (Å²) in [5.41, 5.74) is 6.00. The molecule has 86 valence electrons. The van der Waals surface area contributed by atoms with Gasteiger partial charge < -0.3 is 10.6 Å². The van der Waals surface area contributed by atoms with Crippen molar-refractivity contribution in [2.75, 3.05) is 20.1 Å². The fourth-order valence-electron chi connectivity index (χ4n) is 1.71. The van der Waals surface area contributed by atoms with Crippen LogP contribution >= 0.6 is 11.3 Å². The molecule has 2 N–H and O–H groups in total. The van der Waals surface area contributed by atoms with Crippen LogP contribution in [0.5, 0.6) is 0 Å². The third-order valence-electron chi connectivity index (χ3n) is 2.53. The zero-order valence-corrected chi connectivity index (χ0v) is 10.6. The predicted octanol–water partition coefficient (Wildman–Crippen LogP) is 2.35. The second-order valence-corrected chi connectivity index (χ2v) is 5.17. The molecule has 2 nitrogen and oxygen atoms in total. The summed E-state index contributed by atoms with van der Waals surface area (Å²) in [5.74, 6) is 0. The minimum Gasteiger partial charge on any atom is -0.327 e. The molecule has 1 heterocycles. The van der Waals surface area contributed by atoms with Gasteiger partial charge in [0.05, 0.1) is 0 Å². The van der Waals surface area contributed by atoms with E-state index in [9.17, 15) is 0 Å². The van der Waals surface area contributed by atoms with Crippen LogP contribution in [0.2, 0.25) is 0 Å². The summed E-state index contributed by atoms with van der Waals surface area (Å²) < 4.78 is 0. The van der Waals surface area contributed by atoms with Gasteiger partial charge in [-0.25, -0.2) is 0 Å². The van der Waals surface area contributed by atoms with Crippen molar-refractivity contribution in [2.24, 2.45) is 5.73 Å². The van der Waals surface area contributed by atoms with Gasteiger partial charge in [-0.1, -0.05) is 19.4 Å². The summed E-state index contributed by atoms with van der Waals surface area (Å²) >= 11 is 1.84. The molecule has 0 aromatic carbocycles. The van der Waals surface area contributed by atoms with Crippen molar-refractivity contribution in [3.8, 4) is 0 Å². The van der Waals surface area contributed by atoms with Crippen molar-refractivity contribution < 1.29 is 0 Å². The molecule has 0 amide bonds. The first-order valence-electron chi connectivity index (χ1n) is 5.69. The molecule has 0 saturated heterocycles. The van der Waals surface area contributed by atoms with Crippen molar-refractivity contribution in [3.05, 3.63) is 22.4 Å². The zero-order chi connectivity index (χ0) is 11.1. The SMILES string of the molecule is CCCC(N)CN(C)CCc1cccs1. The Morgan fingerprint density at radius 1 is 1.53 bits per heavy atom. The van der Waals surface area contributed by atoms with Crippen molar-refractivity contribution in [3.63, 3.8) is 0 Å². The molecule has 0 radical (unpaired) electrons. The Balaban J connectivity index is 2.15. The molecule has 3 heteroatoms. The van der Waals surface area contributed by atoms with E-state index in [4.69, 9.17) is 5.73 Å². The molecular formula is C12H22N2S. The van der Waals surface area contributed by atoms with Crippen LogP contribution in [0.3, 0.4) is 0 Å². The van der Waals surface area contributed by atoms with E-state index in [2.05, 4.69) is 36.4 Å². The Bertz CT molecular complexity index is 246. The topological polar surface area (TPSA) is 29.3 Å². The minimum absolute atomic E-state index is 0.336. The number of thiophene rings is 1. The Morgan fingerprint density at radius 2 is 2.33 bits per heavy atom. The van der Waals surface area contributed by atoms with Gasteiger partial charge in [0.15, 0.2) is 0 Å². The summed E-state index contributed by atoms with van der Waals surface area (Å²) in [6.07, 6.45) is 3.45. The summed E-state index contributed by atoms with van der Waals surface area (Å²) in [6.45, 7) is 4.31. The number of nitrogens with zero attached hydrogens (tertiary/aromatic N) is 1. The van der Waals surface area contributed by atoms with Crippen LogP contribution < -0.4 is 5.73 Å². The van der Waals surface area contributed by atoms with Crippen molar-refractivity contribution in [1.29, 1.82) is 0 Å². The predicted molar refractivity (Wildman–Crippen MR) is 68.4 cm³/mol. The standard InChI is InChI=1S/C12H22N2S/c1-3-5-11(13)10-14(2)8-7-12-6-4-9-15-12/h4,6,9,11H,3,5,7-8,10,13H2,1-2H3. The van der Waals surface area contributed by atoms with Crippen molar-refractivity contribution in [1.82, 2.24) is 4.90 Å². The van der Waals surface area contributed by atoms with E-state index in [-0.39, 0.29) is 0 Å². The van der Waals surface area contributed by atoms with Crippen LogP contribution in [-0.4, -0.2) is 31.1 Å². The Labute approximate surface area is 97.1 Å². The number of likely N-dealkylation sites (N-methyl/N-ethyl adjacent to an activating group) is 1. The molecule has 0 spiro atoms. The van der Waals surface area contributed by atoms with Gasteiger partial charge in [0, 0.05) is 24.0 Å². The van der Waals surface area contributed by atoms with Gasteiger partial charge in [-0.15, -0.1) is 11.3 Å². The van der Waals surface area contributed by atoms with E-state index in [1.165, 1.54) is 11.3 Å². The van der Waals surface area contributed by atoms with Crippen LogP contribution in [0.1, 0.15) is 24.6 Å². The quantitative estimate of drug-likeness (QED) is 0.773. The lowest BCUT2D eigenvalue weighted by atomic mass is 10.1. The molecule has 1 rings (SSSR count). The third-order valence-corrected chi connectivity index (χ3v) is 3.46. The van der Waals surface area contributed by atoms with E-state index < -0.39 is 0 Å². The van der Waals surface area contributed by atoms with Crippen LogP contribution in [0.25, 0.3) is 0 Å². The van der Waals surface area contributed by atoms with E-state index in [0.717, 1.165) is 25.9 Å². The van der Waals surface area contributed by atoms with Crippen molar-refractivity contribution >= 4 is 11.3 Å². The Hall–Kier alpha value is -0.380. The largest absolute Gasteiger partial charge is 0.327 e. The maximum absolute atomic E-state index is 6.00. The van der Waals surface area contributed by atoms with Gasteiger partial charge in [-0.2, -0.15) is 0 Å². The normalized spacial score (nSPS) is 13.3. The molecular weight excluding hydrogens is 204 g/mol. The first kappa shape index (κ1) is 12.7. The van der Waals surface area contributed by atoms with Crippen LogP contribution in [0, 0.1) is 0 Å². The molecule has 0 saturated carbocycles. The molecule has 0 fully saturated rings. The van der Waals surface area contributed by atoms with Gasteiger partial charge in [0.25, 0.3) is 0 Å². The Kier molecular flexibility index (Phi) is 5.91. The fourth-order valence-corrected chi connectivity index (χ4v) is 2.41. The smallest absolute Gasteiger partial charge is 0.0167 e. The van der Waals surface area contributed by atoms with Gasteiger partial charge in [-0.05, 0) is 31.3 Å². The first-order valence-corrected chi connectivity index (χ1v) is 6.56. The second-order valence-electron chi connectivity index (χ2n) is 4.14. The average molecular weight is 226 g/mol. The van der Waals surface area contributed by atoms with Crippen LogP contribution in [0.4, 0.5) is 0 Å². The monoisotopic (exact) mass is 226 g/mol. The van der Waals surface area contributed by atoms with Crippen LogP contribution in [-0.2, 0) is 6.42 Å². The lowest BCUT2D eigenvalue weighted by Crippen LogP contribution is -2.36. The zero-order valence-electron chi connectivity index (χ0n) is 9.78. The molecule has 1 unspecified atom stereocenters. The summed E-state index contributed by atoms with van der Waals surface area (Å²) in [7, 11) is 2.16. The summed E-state index contributed by atoms with van der Waals surface area (Å²) in [6, 6.07) is 4.65. The van der Waals surface area contributed by atoms with E-state index in [0.29, 0.717) is 6.04 Å². The highest BCUT2D eigenvalue weighted by molar-refractivity contribution is 7.09. The second kappa shape index (κ2) is 6.99. The molecule has 0 bridgehead atoms. The van der Waals surface area contributed by atoms with E-state index in [1.54, 1.807) is 0 Å². The van der Waals surface area contributed by atoms with Crippen LogP contribution in [0.15, 0.2) is 17.5 Å². The van der Waals surface area contributed by atoms with E-state index >= 15 is 0 Å². The Morgan fingerprint density at radius 3 is 2.93 bits per heavy atom. The van der Waals surface area contributed by atoms with Crippen molar-refractivity contribution in [2.45, 2.75) is 32.2 Å². The fraction of sp³-hybridized carbons (Fsp3) is 0.667. The maximum atomic E-state index is 6.00. The average Bonchev–Trinajstić information content (AvgIpc) is 2.67. The first-order chi connectivity index (χ1) is 7.22. The molecule has 0 aliphatic carbocycles. The molecule has 1 aromatic rings.